The van der Waals surface area contributed by atoms with Crippen molar-refractivity contribution in [2.24, 2.45) is 4.99 Å². The molecule has 5 nitrogen and oxygen atoms in total. The van der Waals surface area contributed by atoms with Crippen LogP contribution in [0.15, 0.2) is 65.7 Å². The molecule has 1 aliphatic rings. The lowest BCUT2D eigenvalue weighted by molar-refractivity contribution is -0.130. The van der Waals surface area contributed by atoms with Crippen LogP contribution in [0.3, 0.4) is 0 Å². The Morgan fingerprint density at radius 3 is 2.21 bits per heavy atom. The molecule has 0 radical (unpaired) electrons. The van der Waals surface area contributed by atoms with Gasteiger partial charge in [-0.3, -0.25) is 9.79 Å². The SMILES string of the molecule is CCN(Cc1ccccc1)C(=O)CNC(=NC)NCC1(c2ccccc2)CC1.I. The summed E-state index contributed by atoms with van der Waals surface area (Å²) in [6, 6.07) is 20.7. The van der Waals surface area contributed by atoms with E-state index in [1.54, 1.807) is 7.05 Å². The lowest BCUT2D eigenvalue weighted by atomic mass is 9.96. The van der Waals surface area contributed by atoms with Gasteiger partial charge in [0.15, 0.2) is 5.96 Å². The number of nitrogens with zero attached hydrogens (tertiary/aromatic N) is 2. The zero-order chi connectivity index (χ0) is 19.8. The van der Waals surface area contributed by atoms with Gasteiger partial charge in [0.1, 0.15) is 0 Å². The van der Waals surface area contributed by atoms with E-state index in [2.05, 4.69) is 39.9 Å². The van der Waals surface area contributed by atoms with E-state index in [9.17, 15) is 4.79 Å². The van der Waals surface area contributed by atoms with Crippen molar-refractivity contribution in [3.63, 3.8) is 0 Å². The highest BCUT2D eigenvalue weighted by Crippen LogP contribution is 2.47. The first-order chi connectivity index (χ1) is 13.7. The van der Waals surface area contributed by atoms with Crippen molar-refractivity contribution in [1.82, 2.24) is 15.5 Å². The normalized spacial score (nSPS) is 14.5. The average Bonchev–Trinajstić information content (AvgIpc) is 3.54. The summed E-state index contributed by atoms with van der Waals surface area (Å²) in [6.07, 6.45) is 2.36. The zero-order valence-corrected chi connectivity index (χ0v) is 19.6. The third-order valence-electron chi connectivity index (χ3n) is 5.42. The van der Waals surface area contributed by atoms with Crippen LogP contribution in [0.1, 0.15) is 30.9 Å². The molecule has 1 fully saturated rings. The Bertz CT molecular complexity index is 791. The monoisotopic (exact) mass is 506 g/mol. The van der Waals surface area contributed by atoms with Gasteiger partial charge in [-0.2, -0.15) is 0 Å². The van der Waals surface area contributed by atoms with Crippen molar-refractivity contribution in [2.45, 2.75) is 31.7 Å². The van der Waals surface area contributed by atoms with E-state index in [1.165, 1.54) is 18.4 Å². The van der Waals surface area contributed by atoms with Gasteiger partial charge in [-0.1, -0.05) is 60.7 Å². The van der Waals surface area contributed by atoms with Crippen LogP contribution < -0.4 is 10.6 Å². The highest BCUT2D eigenvalue weighted by Gasteiger charge is 2.44. The fraction of sp³-hybridized carbons (Fsp3) is 0.391. The molecule has 1 saturated carbocycles. The van der Waals surface area contributed by atoms with Crippen LogP contribution in [0.5, 0.6) is 0 Å². The van der Waals surface area contributed by atoms with Crippen molar-refractivity contribution in [2.75, 3.05) is 26.7 Å². The molecule has 29 heavy (non-hydrogen) atoms. The predicted octanol–water partition coefficient (Wildman–Crippen LogP) is 3.55. The van der Waals surface area contributed by atoms with Crippen LogP contribution in [0.25, 0.3) is 0 Å². The maximum absolute atomic E-state index is 12.6. The van der Waals surface area contributed by atoms with Crippen molar-refractivity contribution in [3.8, 4) is 0 Å². The molecule has 0 aliphatic heterocycles. The molecule has 6 heteroatoms. The minimum atomic E-state index is 0. The summed E-state index contributed by atoms with van der Waals surface area (Å²) >= 11 is 0. The number of hydrogen-bond donors (Lipinski definition) is 2. The van der Waals surface area contributed by atoms with Gasteiger partial charge in [0.25, 0.3) is 0 Å². The third-order valence-corrected chi connectivity index (χ3v) is 5.42. The molecule has 0 unspecified atom stereocenters. The number of halogens is 1. The first-order valence-corrected chi connectivity index (χ1v) is 9.98. The molecular weight excluding hydrogens is 475 g/mol. The number of nitrogens with one attached hydrogen (secondary N) is 2. The minimum Gasteiger partial charge on any atom is -0.356 e. The molecule has 2 N–H and O–H groups in total. The number of carbonyl (C=O) groups is 1. The van der Waals surface area contributed by atoms with E-state index in [0.29, 0.717) is 19.0 Å². The molecule has 1 amide bonds. The van der Waals surface area contributed by atoms with Gasteiger partial charge in [-0.25, -0.2) is 0 Å². The van der Waals surface area contributed by atoms with Gasteiger partial charge in [0, 0.05) is 32.1 Å². The molecule has 0 spiro atoms. The van der Waals surface area contributed by atoms with Crippen LogP contribution in [0.4, 0.5) is 0 Å². The molecule has 0 aromatic heterocycles. The second kappa shape index (κ2) is 11.2. The second-order valence-corrected chi connectivity index (χ2v) is 7.32. The Balaban J connectivity index is 0.00000300. The fourth-order valence-electron chi connectivity index (χ4n) is 3.43. The molecule has 2 aromatic carbocycles. The highest BCUT2D eigenvalue weighted by molar-refractivity contribution is 14.0. The van der Waals surface area contributed by atoms with Crippen LogP contribution in [0.2, 0.25) is 0 Å². The number of carbonyl (C=O) groups excluding carboxylic acids is 1. The number of likely N-dealkylation sites (N-methyl/N-ethyl adjacent to an activating group) is 1. The Morgan fingerprint density at radius 1 is 1.03 bits per heavy atom. The summed E-state index contributed by atoms with van der Waals surface area (Å²) in [5, 5.41) is 6.57. The van der Waals surface area contributed by atoms with Gasteiger partial charge in [0.2, 0.25) is 5.91 Å². The minimum absolute atomic E-state index is 0. The molecule has 3 rings (SSSR count). The van der Waals surface area contributed by atoms with Gasteiger partial charge in [-0.05, 0) is 30.9 Å². The van der Waals surface area contributed by atoms with Crippen molar-refractivity contribution < 1.29 is 4.79 Å². The summed E-state index contributed by atoms with van der Waals surface area (Å²) in [5.74, 6) is 0.741. The number of amides is 1. The van der Waals surface area contributed by atoms with E-state index in [0.717, 1.165) is 12.1 Å². The number of hydrogen-bond acceptors (Lipinski definition) is 2. The average molecular weight is 506 g/mol. The molecule has 0 heterocycles. The summed E-state index contributed by atoms with van der Waals surface area (Å²) in [5.41, 5.74) is 2.71. The van der Waals surface area contributed by atoms with Crippen molar-refractivity contribution in [3.05, 3.63) is 71.8 Å². The molecular formula is C23H31IN4O. The Morgan fingerprint density at radius 2 is 1.66 bits per heavy atom. The lowest BCUT2D eigenvalue weighted by Crippen LogP contribution is -2.46. The highest BCUT2D eigenvalue weighted by atomic mass is 127. The van der Waals surface area contributed by atoms with E-state index < -0.39 is 0 Å². The molecule has 0 atom stereocenters. The Hall–Kier alpha value is -2.09. The van der Waals surface area contributed by atoms with Crippen LogP contribution in [-0.2, 0) is 16.8 Å². The summed E-state index contributed by atoms with van der Waals surface area (Å²) in [7, 11) is 1.74. The number of aliphatic imine (C=N–C) groups is 1. The maximum atomic E-state index is 12.6. The van der Waals surface area contributed by atoms with Gasteiger partial charge in [0.05, 0.1) is 6.54 Å². The van der Waals surface area contributed by atoms with Crippen LogP contribution in [-0.4, -0.2) is 43.4 Å². The predicted molar refractivity (Wildman–Crippen MR) is 130 cm³/mol. The van der Waals surface area contributed by atoms with Crippen LogP contribution >= 0.6 is 24.0 Å². The van der Waals surface area contributed by atoms with E-state index in [1.807, 2.05) is 48.2 Å². The van der Waals surface area contributed by atoms with Gasteiger partial charge < -0.3 is 15.5 Å². The first kappa shape index (κ1) is 23.2. The first-order valence-electron chi connectivity index (χ1n) is 9.98. The fourth-order valence-corrected chi connectivity index (χ4v) is 3.43. The number of guanidine groups is 1. The maximum Gasteiger partial charge on any atom is 0.242 e. The summed E-state index contributed by atoms with van der Waals surface area (Å²) < 4.78 is 0. The zero-order valence-electron chi connectivity index (χ0n) is 17.2. The van der Waals surface area contributed by atoms with Crippen molar-refractivity contribution >= 4 is 35.8 Å². The van der Waals surface area contributed by atoms with Gasteiger partial charge >= 0.3 is 0 Å². The lowest BCUT2D eigenvalue weighted by Gasteiger charge is -2.23. The number of benzene rings is 2. The van der Waals surface area contributed by atoms with Gasteiger partial charge in [-0.15, -0.1) is 24.0 Å². The van der Waals surface area contributed by atoms with E-state index in [4.69, 9.17) is 0 Å². The molecule has 0 bridgehead atoms. The Labute approximate surface area is 191 Å². The Kier molecular flexibility index (Phi) is 8.95. The smallest absolute Gasteiger partial charge is 0.242 e. The van der Waals surface area contributed by atoms with Crippen LogP contribution in [0, 0.1) is 0 Å². The third kappa shape index (κ3) is 6.45. The van der Waals surface area contributed by atoms with E-state index >= 15 is 0 Å². The largest absolute Gasteiger partial charge is 0.356 e. The quantitative estimate of drug-likeness (QED) is 0.327. The molecule has 156 valence electrons. The number of rotatable bonds is 8. The van der Waals surface area contributed by atoms with Crippen molar-refractivity contribution in [1.29, 1.82) is 0 Å². The standard InChI is InChI=1S/C23H30N4O.HI/c1-3-27(17-19-10-6-4-7-11-19)21(28)16-25-22(24-2)26-18-23(14-15-23)20-12-8-5-9-13-20;/h4-13H,3,14-18H2,1-2H3,(H2,24,25,26);1H. The summed E-state index contributed by atoms with van der Waals surface area (Å²) in [6.45, 7) is 4.37. The molecule has 2 aromatic rings. The second-order valence-electron chi connectivity index (χ2n) is 7.32. The topological polar surface area (TPSA) is 56.7 Å². The van der Waals surface area contributed by atoms with E-state index in [-0.39, 0.29) is 41.8 Å². The molecule has 0 saturated heterocycles. The summed E-state index contributed by atoms with van der Waals surface area (Å²) in [4.78, 5) is 18.7. The molecule has 1 aliphatic carbocycles.